The predicted octanol–water partition coefficient (Wildman–Crippen LogP) is 4.49. The molecule has 1 aromatic carbocycles. The zero-order valence-electron chi connectivity index (χ0n) is 33.8. The summed E-state index contributed by atoms with van der Waals surface area (Å²) in [4.78, 5) is 31.6. The number of cyclic esters (lactones) is 1. The Labute approximate surface area is 324 Å². The fourth-order valence-corrected chi connectivity index (χ4v) is 8.39. The molecule has 3 heterocycles. The van der Waals surface area contributed by atoms with E-state index in [1.54, 1.807) is 32.0 Å². The topological polar surface area (TPSA) is 141 Å². The van der Waals surface area contributed by atoms with Crippen molar-refractivity contribution in [1.82, 2.24) is 15.1 Å². The van der Waals surface area contributed by atoms with E-state index in [4.69, 9.17) is 14.2 Å². The van der Waals surface area contributed by atoms with Crippen molar-refractivity contribution in [2.24, 2.45) is 23.7 Å². The first-order valence-corrected chi connectivity index (χ1v) is 20.4. The SMILES string of the molecule is CC[C@H]1OC(=O)C[C@@H](O)[C@H](C)[C@@H](O[C@@H]2O[C@H](C)[C@@H](O)[C@H](N(C)C)[C@H]2O)[C@@H](CCN2CCCCC2)C[C@@H](C)C(=O)/C=C\C(C)=C/[C@@H]1CNCc1ccccc1. The van der Waals surface area contributed by atoms with E-state index in [0.717, 1.165) is 43.6 Å². The first-order valence-electron chi connectivity index (χ1n) is 20.4. The Bertz CT molecular complexity index is 1350. The predicted molar refractivity (Wildman–Crippen MR) is 210 cm³/mol. The molecule has 2 saturated heterocycles. The smallest absolute Gasteiger partial charge is 0.308 e. The molecule has 0 radical (unpaired) electrons. The number of benzene rings is 1. The minimum absolute atomic E-state index is 0.000331. The van der Waals surface area contributed by atoms with Gasteiger partial charge >= 0.3 is 5.97 Å². The van der Waals surface area contributed by atoms with Crippen molar-refractivity contribution in [1.29, 1.82) is 0 Å². The third-order valence-corrected chi connectivity index (χ3v) is 11.8. The number of piperidine rings is 1. The maximum Gasteiger partial charge on any atom is 0.308 e. The van der Waals surface area contributed by atoms with Gasteiger partial charge in [0.05, 0.1) is 36.9 Å². The van der Waals surface area contributed by atoms with E-state index in [-0.39, 0.29) is 30.0 Å². The Kier molecular flexibility index (Phi) is 17.8. The number of ketones is 1. The van der Waals surface area contributed by atoms with Crippen molar-refractivity contribution in [2.45, 2.75) is 135 Å². The summed E-state index contributed by atoms with van der Waals surface area (Å²) in [6.07, 6.45) is 4.47. The third-order valence-electron chi connectivity index (χ3n) is 11.8. The molecule has 4 rings (SSSR count). The zero-order valence-corrected chi connectivity index (χ0v) is 33.8. The molecule has 12 atom stereocenters. The first kappa shape index (κ1) is 44.2. The number of likely N-dealkylation sites (tertiary alicyclic amines) is 1. The Morgan fingerprint density at radius 3 is 2.35 bits per heavy atom. The van der Waals surface area contributed by atoms with E-state index in [1.165, 1.54) is 6.42 Å². The number of nitrogens with one attached hydrogen (secondary N) is 1. The summed E-state index contributed by atoms with van der Waals surface area (Å²) < 4.78 is 19.0. The molecular formula is C43H69N3O8. The lowest BCUT2D eigenvalue weighted by molar-refractivity contribution is -0.304. The van der Waals surface area contributed by atoms with Crippen LogP contribution < -0.4 is 5.32 Å². The van der Waals surface area contributed by atoms with Crippen molar-refractivity contribution >= 4 is 11.8 Å². The number of likely N-dealkylation sites (N-methyl/N-ethyl adjacent to an activating group) is 1. The largest absolute Gasteiger partial charge is 0.462 e. The molecule has 11 heteroatoms. The van der Waals surface area contributed by atoms with E-state index >= 15 is 0 Å². The second kappa shape index (κ2) is 21.7. The van der Waals surface area contributed by atoms with Crippen molar-refractivity contribution in [2.75, 3.05) is 40.3 Å². The van der Waals surface area contributed by atoms with Crippen LogP contribution in [0.2, 0.25) is 0 Å². The summed E-state index contributed by atoms with van der Waals surface area (Å²) in [6.45, 7) is 13.5. The van der Waals surface area contributed by atoms with Crippen LogP contribution >= 0.6 is 0 Å². The zero-order chi connectivity index (χ0) is 39.4. The molecule has 1 aromatic rings. The summed E-state index contributed by atoms with van der Waals surface area (Å²) in [6, 6.07) is 9.46. The highest BCUT2D eigenvalue weighted by Crippen LogP contribution is 2.35. The Morgan fingerprint density at radius 1 is 0.981 bits per heavy atom. The van der Waals surface area contributed by atoms with Crippen molar-refractivity contribution in [3.05, 3.63) is 59.7 Å². The van der Waals surface area contributed by atoms with Crippen molar-refractivity contribution in [3.8, 4) is 0 Å². The van der Waals surface area contributed by atoms with Crippen LogP contribution in [0.15, 0.2) is 54.1 Å². The van der Waals surface area contributed by atoms with Crippen molar-refractivity contribution < 1.29 is 39.1 Å². The van der Waals surface area contributed by atoms with Gasteiger partial charge in [-0.2, -0.15) is 0 Å². The lowest BCUT2D eigenvalue weighted by Crippen LogP contribution is -2.63. The Hall–Kier alpha value is -2.48. The molecule has 11 nitrogen and oxygen atoms in total. The lowest BCUT2D eigenvalue weighted by Gasteiger charge is -2.47. The molecule has 2 fully saturated rings. The molecule has 3 aliphatic rings. The first-order chi connectivity index (χ1) is 25.8. The molecule has 304 valence electrons. The monoisotopic (exact) mass is 756 g/mol. The van der Waals surface area contributed by atoms with Gasteiger partial charge in [0.15, 0.2) is 12.1 Å². The highest BCUT2D eigenvalue weighted by atomic mass is 16.7. The quantitative estimate of drug-likeness (QED) is 0.238. The number of allylic oxidation sites excluding steroid dienone is 3. The maximum absolute atomic E-state index is 13.8. The minimum atomic E-state index is -1.18. The maximum atomic E-state index is 13.8. The second-order valence-electron chi connectivity index (χ2n) is 16.3. The van der Waals surface area contributed by atoms with E-state index in [2.05, 4.69) is 28.4 Å². The van der Waals surface area contributed by atoms with Crippen LogP contribution in [0, 0.1) is 23.7 Å². The van der Waals surface area contributed by atoms with Crippen LogP contribution in [0.1, 0.15) is 85.1 Å². The van der Waals surface area contributed by atoms with Crippen molar-refractivity contribution in [3.63, 3.8) is 0 Å². The van der Waals surface area contributed by atoms with Gasteiger partial charge in [-0.3, -0.25) is 9.59 Å². The molecule has 0 saturated carbocycles. The minimum Gasteiger partial charge on any atom is -0.462 e. The van der Waals surface area contributed by atoms with Gasteiger partial charge in [-0.15, -0.1) is 0 Å². The number of aliphatic hydroxyl groups excluding tert-OH is 3. The van der Waals surface area contributed by atoms with E-state index in [0.29, 0.717) is 32.4 Å². The average molecular weight is 756 g/mol. The second-order valence-corrected chi connectivity index (χ2v) is 16.3. The number of esters is 1. The van der Waals surface area contributed by atoms with Gasteiger partial charge in [0.25, 0.3) is 0 Å². The van der Waals surface area contributed by atoms with Gasteiger partial charge in [0.2, 0.25) is 0 Å². The van der Waals surface area contributed by atoms with Crippen LogP contribution in [-0.2, 0) is 30.3 Å². The third kappa shape index (κ3) is 12.8. The molecule has 0 aliphatic carbocycles. The van der Waals surface area contributed by atoms with Gasteiger partial charge in [-0.1, -0.05) is 75.2 Å². The Morgan fingerprint density at radius 2 is 1.69 bits per heavy atom. The van der Waals surface area contributed by atoms with Crippen LogP contribution in [-0.4, -0.2) is 126 Å². The number of nitrogens with zero attached hydrogens (tertiary/aromatic N) is 2. The molecular weight excluding hydrogens is 686 g/mol. The standard InChI is InChI=1S/C43H69N3O8/c1-8-37-34(27-44-26-32-15-11-9-12-16-32)23-28(2)17-18-35(47)29(3)24-33(19-22-46-20-13-10-14-21-46)42(30(4)36(48)25-38(49)53-37)54-43-41(51)39(45(6)7)40(50)31(5)52-43/h9,11-12,15-18,23,29-31,33-34,36-37,39-44,48,50-51H,8,10,13-14,19-22,24-27H2,1-7H3/b18-17-,28-23-/t29-,30+,31-,33+,34-,36-,37-,39+,40-,41-,42-,43+/m1/s1. The highest BCUT2D eigenvalue weighted by molar-refractivity contribution is 5.91. The fourth-order valence-electron chi connectivity index (χ4n) is 8.39. The van der Waals surface area contributed by atoms with Gasteiger partial charge in [0.1, 0.15) is 12.2 Å². The van der Waals surface area contributed by atoms with Crippen LogP contribution in [0.5, 0.6) is 0 Å². The van der Waals surface area contributed by atoms with E-state index in [9.17, 15) is 24.9 Å². The summed E-state index contributed by atoms with van der Waals surface area (Å²) in [7, 11) is 3.59. The highest BCUT2D eigenvalue weighted by Gasteiger charge is 2.47. The Balaban J connectivity index is 1.66. The number of hydrogen-bond acceptors (Lipinski definition) is 11. The number of aliphatic hydroxyl groups is 3. The fraction of sp³-hybridized carbons (Fsp3) is 0.721. The van der Waals surface area contributed by atoms with Crippen LogP contribution in [0.25, 0.3) is 0 Å². The van der Waals surface area contributed by atoms with Gasteiger partial charge < -0.3 is 44.6 Å². The van der Waals surface area contributed by atoms with E-state index < -0.39 is 60.8 Å². The van der Waals surface area contributed by atoms with Gasteiger partial charge in [-0.05, 0) is 97.2 Å². The molecule has 0 unspecified atom stereocenters. The molecule has 0 bridgehead atoms. The molecule has 0 spiro atoms. The van der Waals surface area contributed by atoms with Gasteiger partial charge in [0, 0.05) is 30.8 Å². The number of carbonyl (C=O) groups is 2. The number of ether oxygens (including phenoxy) is 3. The number of rotatable bonds is 11. The number of carbonyl (C=O) groups excluding carboxylic acids is 2. The molecule has 0 aromatic heterocycles. The summed E-state index contributed by atoms with van der Waals surface area (Å²) >= 11 is 0. The lowest BCUT2D eigenvalue weighted by atomic mass is 9.79. The summed E-state index contributed by atoms with van der Waals surface area (Å²) in [5, 5.41) is 37.8. The van der Waals surface area contributed by atoms with Crippen LogP contribution in [0.4, 0.5) is 0 Å². The summed E-state index contributed by atoms with van der Waals surface area (Å²) in [5.41, 5.74) is 2.04. The normalized spacial score (nSPS) is 37.1. The molecule has 3 aliphatic heterocycles. The molecule has 54 heavy (non-hydrogen) atoms. The average Bonchev–Trinajstić information content (AvgIpc) is 3.15. The van der Waals surface area contributed by atoms with Crippen LogP contribution in [0.3, 0.4) is 0 Å². The number of hydrogen-bond donors (Lipinski definition) is 4. The molecule has 4 N–H and O–H groups in total. The molecule has 0 amide bonds. The summed E-state index contributed by atoms with van der Waals surface area (Å²) in [5.74, 6) is -1.83. The van der Waals surface area contributed by atoms with Gasteiger partial charge in [-0.25, -0.2) is 0 Å². The van der Waals surface area contributed by atoms with E-state index in [1.807, 2.05) is 52.0 Å².